The van der Waals surface area contributed by atoms with Gasteiger partial charge < -0.3 is 20.5 Å². The van der Waals surface area contributed by atoms with Gasteiger partial charge >= 0.3 is 0 Å². The molecule has 0 aliphatic rings. The first-order valence-corrected chi connectivity index (χ1v) is 6.33. The minimum absolute atomic E-state index is 0.208. The molecule has 0 bridgehead atoms. The highest BCUT2D eigenvalue weighted by Gasteiger charge is 2.14. The van der Waals surface area contributed by atoms with E-state index in [-0.39, 0.29) is 18.1 Å². The standard InChI is InChI=1S/C14H18N4O3/c1-18-8-11(15)13(17-18)14(19)16-7-9-6-10(20-2)4-5-12(9)21-3/h4-6,8H,7,15H2,1-3H3,(H,16,19). The van der Waals surface area contributed by atoms with Crippen LogP contribution >= 0.6 is 0 Å². The molecule has 0 atom stereocenters. The summed E-state index contributed by atoms with van der Waals surface area (Å²) in [4.78, 5) is 12.1. The maximum absolute atomic E-state index is 12.1. The fourth-order valence-electron chi connectivity index (χ4n) is 1.96. The first kappa shape index (κ1) is 14.7. The van der Waals surface area contributed by atoms with Crippen LogP contribution in [0.4, 0.5) is 5.69 Å². The van der Waals surface area contributed by atoms with Crippen molar-refractivity contribution in [3.8, 4) is 11.5 Å². The second-order valence-corrected chi connectivity index (χ2v) is 4.47. The number of hydrogen-bond acceptors (Lipinski definition) is 5. The SMILES string of the molecule is COc1ccc(OC)c(CNC(=O)c2nn(C)cc2N)c1. The van der Waals surface area contributed by atoms with Crippen LogP contribution in [0.25, 0.3) is 0 Å². The summed E-state index contributed by atoms with van der Waals surface area (Å²) >= 11 is 0. The van der Waals surface area contributed by atoms with Gasteiger partial charge in [0, 0.05) is 25.4 Å². The number of hydrogen-bond donors (Lipinski definition) is 2. The van der Waals surface area contributed by atoms with Gasteiger partial charge in [-0.2, -0.15) is 5.10 Å². The number of aromatic nitrogens is 2. The maximum Gasteiger partial charge on any atom is 0.274 e. The van der Waals surface area contributed by atoms with Gasteiger partial charge in [-0.3, -0.25) is 9.48 Å². The lowest BCUT2D eigenvalue weighted by molar-refractivity contribution is 0.0946. The molecule has 0 aliphatic carbocycles. The third-order valence-corrected chi connectivity index (χ3v) is 3.00. The molecule has 0 unspecified atom stereocenters. The van der Waals surface area contributed by atoms with Crippen LogP contribution in [0, 0.1) is 0 Å². The number of ether oxygens (including phenoxy) is 2. The number of carbonyl (C=O) groups is 1. The molecule has 1 aromatic heterocycles. The minimum atomic E-state index is -0.335. The average molecular weight is 290 g/mol. The van der Waals surface area contributed by atoms with Crippen molar-refractivity contribution in [3.63, 3.8) is 0 Å². The van der Waals surface area contributed by atoms with E-state index in [2.05, 4.69) is 10.4 Å². The Morgan fingerprint density at radius 2 is 2.14 bits per heavy atom. The lowest BCUT2D eigenvalue weighted by Gasteiger charge is -2.11. The number of nitrogens with two attached hydrogens (primary N) is 1. The smallest absolute Gasteiger partial charge is 0.274 e. The number of rotatable bonds is 5. The van der Waals surface area contributed by atoms with Crippen molar-refractivity contribution in [2.45, 2.75) is 6.54 Å². The largest absolute Gasteiger partial charge is 0.497 e. The number of nitrogen functional groups attached to an aromatic ring is 1. The molecule has 1 heterocycles. The molecule has 3 N–H and O–H groups in total. The van der Waals surface area contributed by atoms with E-state index in [0.717, 1.165) is 5.56 Å². The fourth-order valence-corrected chi connectivity index (χ4v) is 1.96. The zero-order valence-electron chi connectivity index (χ0n) is 12.2. The first-order valence-electron chi connectivity index (χ1n) is 6.33. The second kappa shape index (κ2) is 6.17. The third-order valence-electron chi connectivity index (χ3n) is 3.00. The van der Waals surface area contributed by atoms with Crippen LogP contribution in [0.5, 0.6) is 11.5 Å². The van der Waals surface area contributed by atoms with Crippen LogP contribution in [-0.4, -0.2) is 29.9 Å². The van der Waals surface area contributed by atoms with Crippen molar-refractivity contribution >= 4 is 11.6 Å². The van der Waals surface area contributed by atoms with Crippen molar-refractivity contribution in [2.75, 3.05) is 20.0 Å². The van der Waals surface area contributed by atoms with Gasteiger partial charge in [0.1, 0.15) is 11.5 Å². The molecule has 112 valence electrons. The summed E-state index contributed by atoms with van der Waals surface area (Å²) < 4.78 is 11.9. The van der Waals surface area contributed by atoms with Crippen LogP contribution in [-0.2, 0) is 13.6 Å². The quantitative estimate of drug-likeness (QED) is 0.855. The van der Waals surface area contributed by atoms with Crippen molar-refractivity contribution < 1.29 is 14.3 Å². The summed E-state index contributed by atoms with van der Waals surface area (Å²) in [6.07, 6.45) is 1.58. The van der Waals surface area contributed by atoms with Crippen molar-refractivity contribution in [1.82, 2.24) is 15.1 Å². The Labute approximate surface area is 122 Å². The molecule has 0 saturated carbocycles. The lowest BCUT2D eigenvalue weighted by Crippen LogP contribution is -2.24. The van der Waals surface area contributed by atoms with E-state index in [1.165, 1.54) is 4.68 Å². The van der Waals surface area contributed by atoms with Crippen molar-refractivity contribution in [3.05, 3.63) is 35.7 Å². The molecular formula is C14H18N4O3. The highest BCUT2D eigenvalue weighted by atomic mass is 16.5. The van der Waals surface area contributed by atoms with E-state index < -0.39 is 0 Å². The van der Waals surface area contributed by atoms with Crippen LogP contribution in [0.2, 0.25) is 0 Å². The summed E-state index contributed by atoms with van der Waals surface area (Å²) in [5.41, 5.74) is 7.08. The van der Waals surface area contributed by atoms with E-state index >= 15 is 0 Å². The number of nitrogens with zero attached hydrogens (tertiary/aromatic N) is 2. The van der Waals surface area contributed by atoms with E-state index in [1.807, 2.05) is 0 Å². The zero-order chi connectivity index (χ0) is 15.4. The molecule has 0 spiro atoms. The van der Waals surface area contributed by atoms with Crippen LogP contribution in [0.3, 0.4) is 0 Å². The van der Waals surface area contributed by atoms with Crippen LogP contribution in [0.1, 0.15) is 16.1 Å². The number of carbonyl (C=O) groups excluding carboxylic acids is 1. The van der Waals surface area contributed by atoms with Gasteiger partial charge in [0.25, 0.3) is 5.91 Å². The predicted molar refractivity (Wildman–Crippen MR) is 78.3 cm³/mol. The highest BCUT2D eigenvalue weighted by molar-refractivity contribution is 5.96. The number of nitrogens with one attached hydrogen (secondary N) is 1. The minimum Gasteiger partial charge on any atom is -0.497 e. The Balaban J connectivity index is 2.12. The van der Waals surface area contributed by atoms with Gasteiger partial charge in [0.05, 0.1) is 19.9 Å². The molecule has 2 rings (SSSR count). The van der Waals surface area contributed by atoms with Gasteiger partial charge in [0.15, 0.2) is 5.69 Å². The molecule has 21 heavy (non-hydrogen) atoms. The number of benzene rings is 1. The van der Waals surface area contributed by atoms with Crippen molar-refractivity contribution in [2.24, 2.45) is 7.05 Å². The number of aryl methyl sites for hydroxylation is 1. The fraction of sp³-hybridized carbons (Fsp3) is 0.286. The number of methoxy groups -OCH3 is 2. The molecule has 0 fully saturated rings. The Bertz CT molecular complexity index is 652. The summed E-state index contributed by atoms with van der Waals surface area (Å²) in [7, 11) is 4.86. The molecule has 1 aromatic carbocycles. The third kappa shape index (κ3) is 3.25. The van der Waals surface area contributed by atoms with E-state index in [9.17, 15) is 4.79 Å². The van der Waals surface area contributed by atoms with Gasteiger partial charge in [-0.05, 0) is 18.2 Å². The molecule has 0 saturated heterocycles. The molecule has 0 radical (unpaired) electrons. The van der Waals surface area contributed by atoms with E-state index in [4.69, 9.17) is 15.2 Å². The molecule has 0 aliphatic heterocycles. The molecular weight excluding hydrogens is 272 g/mol. The van der Waals surface area contributed by atoms with Gasteiger partial charge in [-0.25, -0.2) is 0 Å². The normalized spacial score (nSPS) is 10.2. The van der Waals surface area contributed by atoms with Gasteiger partial charge in [0.2, 0.25) is 0 Å². The second-order valence-electron chi connectivity index (χ2n) is 4.47. The van der Waals surface area contributed by atoms with E-state index in [0.29, 0.717) is 17.2 Å². The Kier molecular flexibility index (Phi) is 4.32. The monoisotopic (exact) mass is 290 g/mol. The Morgan fingerprint density at radius 1 is 1.38 bits per heavy atom. The molecule has 7 nitrogen and oxygen atoms in total. The van der Waals surface area contributed by atoms with E-state index in [1.54, 1.807) is 45.7 Å². The summed E-state index contributed by atoms with van der Waals surface area (Å²) in [6, 6.07) is 5.39. The molecule has 7 heteroatoms. The number of anilines is 1. The lowest BCUT2D eigenvalue weighted by atomic mass is 10.2. The average Bonchev–Trinajstić information content (AvgIpc) is 2.83. The predicted octanol–water partition coefficient (Wildman–Crippen LogP) is 0.949. The zero-order valence-corrected chi connectivity index (χ0v) is 12.2. The topological polar surface area (TPSA) is 91.4 Å². The van der Waals surface area contributed by atoms with Gasteiger partial charge in [-0.1, -0.05) is 0 Å². The summed E-state index contributed by atoms with van der Waals surface area (Å²) in [5.74, 6) is 1.03. The van der Waals surface area contributed by atoms with Gasteiger partial charge in [-0.15, -0.1) is 0 Å². The Morgan fingerprint density at radius 3 is 2.71 bits per heavy atom. The summed E-state index contributed by atoms with van der Waals surface area (Å²) in [6.45, 7) is 0.287. The highest BCUT2D eigenvalue weighted by Crippen LogP contribution is 2.23. The maximum atomic E-state index is 12.1. The van der Waals surface area contributed by atoms with Crippen LogP contribution < -0.4 is 20.5 Å². The van der Waals surface area contributed by atoms with Crippen molar-refractivity contribution in [1.29, 1.82) is 0 Å². The molecule has 2 aromatic rings. The Hall–Kier alpha value is -2.70. The molecule has 1 amide bonds. The van der Waals surface area contributed by atoms with Crippen LogP contribution in [0.15, 0.2) is 24.4 Å². The summed E-state index contributed by atoms with van der Waals surface area (Å²) in [5, 5.41) is 6.79. The number of amides is 1. The first-order chi connectivity index (χ1) is 10.0.